The van der Waals surface area contributed by atoms with E-state index < -0.39 is 0 Å². The smallest absolute Gasteiger partial charge is 0.0127 e. The van der Waals surface area contributed by atoms with Crippen LogP contribution in [0.15, 0.2) is 30.3 Å². The lowest BCUT2D eigenvalue weighted by molar-refractivity contribution is 0.570. The first-order chi connectivity index (χ1) is 5.83. The molecule has 0 heterocycles. The fraction of sp³-hybridized carbons (Fsp3) is 0.400. The van der Waals surface area contributed by atoms with E-state index in [4.69, 9.17) is 0 Å². The molecular weight excluding hydrogens is 166 g/mol. The zero-order chi connectivity index (χ0) is 8.81. The number of rotatable bonds is 4. The van der Waals surface area contributed by atoms with Gasteiger partial charge in [0.1, 0.15) is 0 Å². The Morgan fingerprint density at radius 3 is 2.50 bits per heavy atom. The molecule has 0 aromatic heterocycles. The normalized spacial score (nSPS) is 10.6. The van der Waals surface area contributed by atoms with Crippen molar-refractivity contribution in [1.82, 2.24) is 4.31 Å². The molecular formula is C10H15NS. The summed E-state index contributed by atoms with van der Waals surface area (Å²) in [6.07, 6.45) is 3.24. The minimum atomic E-state index is 1.12. The third-order valence-electron chi connectivity index (χ3n) is 1.87. The molecule has 0 bridgehead atoms. The van der Waals surface area contributed by atoms with Crippen molar-refractivity contribution in [3.8, 4) is 0 Å². The molecule has 0 radical (unpaired) electrons. The second-order valence-corrected chi connectivity index (χ2v) is 3.76. The Balaban J connectivity index is 2.33. The summed E-state index contributed by atoms with van der Waals surface area (Å²) in [4.78, 5) is 0. The Kier molecular flexibility index (Phi) is 4.19. The van der Waals surface area contributed by atoms with Crippen molar-refractivity contribution in [3.63, 3.8) is 0 Å². The Bertz CT molecular complexity index is 210. The number of hydrogen-bond acceptors (Lipinski definition) is 2. The first-order valence-corrected chi connectivity index (χ1v) is 5.30. The lowest BCUT2D eigenvalue weighted by Crippen LogP contribution is -2.12. The van der Waals surface area contributed by atoms with Crippen molar-refractivity contribution < 1.29 is 0 Å². The summed E-state index contributed by atoms with van der Waals surface area (Å²) in [6, 6.07) is 10.6. The first kappa shape index (κ1) is 9.62. The first-order valence-electron chi connectivity index (χ1n) is 4.12. The topological polar surface area (TPSA) is 3.24 Å². The van der Waals surface area contributed by atoms with Gasteiger partial charge < -0.3 is 0 Å². The highest BCUT2D eigenvalue weighted by Gasteiger charge is 1.95. The molecule has 0 amide bonds. The van der Waals surface area contributed by atoms with Gasteiger partial charge in [-0.05, 0) is 25.3 Å². The van der Waals surface area contributed by atoms with Gasteiger partial charge in [-0.25, -0.2) is 0 Å². The average molecular weight is 181 g/mol. The molecule has 0 saturated carbocycles. The SMILES string of the molecule is CSN(C)CCc1ccccc1. The molecule has 0 aliphatic heterocycles. The summed E-state index contributed by atoms with van der Waals surface area (Å²) < 4.78 is 2.24. The van der Waals surface area contributed by atoms with Gasteiger partial charge in [-0.15, -0.1) is 0 Å². The van der Waals surface area contributed by atoms with E-state index in [1.54, 1.807) is 11.9 Å². The minimum Gasteiger partial charge on any atom is -0.254 e. The molecule has 66 valence electrons. The van der Waals surface area contributed by atoms with Crippen LogP contribution in [0.1, 0.15) is 5.56 Å². The third kappa shape index (κ3) is 3.28. The molecule has 12 heavy (non-hydrogen) atoms. The maximum Gasteiger partial charge on any atom is 0.0127 e. The second kappa shape index (κ2) is 5.22. The largest absolute Gasteiger partial charge is 0.254 e. The molecule has 0 N–H and O–H groups in total. The monoisotopic (exact) mass is 181 g/mol. The van der Waals surface area contributed by atoms with Crippen molar-refractivity contribution >= 4 is 11.9 Å². The Hall–Kier alpha value is -0.470. The quantitative estimate of drug-likeness (QED) is 0.656. The molecule has 0 fully saturated rings. The molecule has 0 aliphatic rings. The van der Waals surface area contributed by atoms with Gasteiger partial charge in [0.25, 0.3) is 0 Å². The zero-order valence-electron chi connectivity index (χ0n) is 7.66. The third-order valence-corrected chi connectivity index (χ3v) is 2.68. The highest BCUT2D eigenvalue weighted by Crippen LogP contribution is 2.04. The van der Waals surface area contributed by atoms with Gasteiger partial charge in [-0.1, -0.05) is 42.3 Å². The Morgan fingerprint density at radius 1 is 1.25 bits per heavy atom. The van der Waals surface area contributed by atoms with E-state index in [1.165, 1.54) is 5.56 Å². The summed E-state index contributed by atoms with van der Waals surface area (Å²) in [7, 11) is 2.12. The van der Waals surface area contributed by atoms with Gasteiger partial charge in [0, 0.05) is 6.54 Å². The predicted molar refractivity (Wildman–Crippen MR) is 56.3 cm³/mol. The average Bonchev–Trinajstić information content (AvgIpc) is 2.16. The highest BCUT2D eigenvalue weighted by atomic mass is 32.2. The molecule has 0 saturated heterocycles. The summed E-state index contributed by atoms with van der Waals surface area (Å²) in [5.74, 6) is 0. The molecule has 1 rings (SSSR count). The van der Waals surface area contributed by atoms with E-state index in [-0.39, 0.29) is 0 Å². The summed E-state index contributed by atoms with van der Waals surface area (Å²) in [6.45, 7) is 1.12. The van der Waals surface area contributed by atoms with Crippen molar-refractivity contribution in [3.05, 3.63) is 35.9 Å². The van der Waals surface area contributed by atoms with E-state index in [1.807, 2.05) is 0 Å². The van der Waals surface area contributed by atoms with Crippen LogP contribution in [0.25, 0.3) is 0 Å². The molecule has 0 atom stereocenters. The molecule has 0 spiro atoms. The zero-order valence-corrected chi connectivity index (χ0v) is 8.47. The molecule has 1 aromatic rings. The number of likely N-dealkylation sites (N-methyl/N-ethyl adjacent to an activating group) is 1. The molecule has 2 heteroatoms. The summed E-state index contributed by atoms with van der Waals surface area (Å²) >= 11 is 1.78. The van der Waals surface area contributed by atoms with Crippen molar-refractivity contribution in [2.45, 2.75) is 6.42 Å². The fourth-order valence-electron chi connectivity index (χ4n) is 1.02. The standard InChI is InChI=1S/C10H15NS/c1-11(12-2)9-8-10-6-4-3-5-7-10/h3-7H,8-9H2,1-2H3. The molecule has 1 nitrogen and oxygen atoms in total. The van der Waals surface area contributed by atoms with Gasteiger partial charge in [-0.3, -0.25) is 4.31 Å². The van der Waals surface area contributed by atoms with E-state index in [0.29, 0.717) is 0 Å². The van der Waals surface area contributed by atoms with Crippen LogP contribution in [0.3, 0.4) is 0 Å². The van der Waals surface area contributed by atoms with Gasteiger partial charge in [0.05, 0.1) is 0 Å². The van der Waals surface area contributed by atoms with Gasteiger partial charge in [0.2, 0.25) is 0 Å². The fourth-order valence-corrected chi connectivity index (χ4v) is 1.30. The van der Waals surface area contributed by atoms with Crippen LogP contribution in [-0.4, -0.2) is 24.2 Å². The van der Waals surface area contributed by atoms with Gasteiger partial charge in [-0.2, -0.15) is 0 Å². The van der Waals surface area contributed by atoms with Crippen molar-refractivity contribution in [1.29, 1.82) is 0 Å². The van der Waals surface area contributed by atoms with Crippen LogP contribution in [0.5, 0.6) is 0 Å². The number of nitrogens with zero attached hydrogens (tertiary/aromatic N) is 1. The number of benzene rings is 1. The van der Waals surface area contributed by atoms with Crippen molar-refractivity contribution in [2.24, 2.45) is 0 Å². The van der Waals surface area contributed by atoms with E-state index >= 15 is 0 Å². The second-order valence-electron chi connectivity index (χ2n) is 2.77. The molecule has 0 unspecified atom stereocenters. The van der Waals surface area contributed by atoms with Crippen LogP contribution < -0.4 is 0 Å². The van der Waals surface area contributed by atoms with E-state index in [9.17, 15) is 0 Å². The predicted octanol–water partition coefficient (Wildman–Crippen LogP) is 2.44. The van der Waals surface area contributed by atoms with E-state index in [0.717, 1.165) is 13.0 Å². The summed E-state index contributed by atoms with van der Waals surface area (Å²) in [5, 5.41) is 0. The Labute approximate surface area is 78.9 Å². The molecule has 0 aliphatic carbocycles. The van der Waals surface area contributed by atoms with Gasteiger partial charge >= 0.3 is 0 Å². The van der Waals surface area contributed by atoms with Crippen LogP contribution in [0.4, 0.5) is 0 Å². The minimum absolute atomic E-state index is 1.12. The molecule has 1 aromatic carbocycles. The lowest BCUT2D eigenvalue weighted by Gasteiger charge is -2.11. The van der Waals surface area contributed by atoms with Crippen molar-refractivity contribution in [2.75, 3.05) is 19.8 Å². The number of hydrogen-bond donors (Lipinski definition) is 0. The lowest BCUT2D eigenvalue weighted by atomic mass is 10.2. The van der Waals surface area contributed by atoms with Crippen LogP contribution in [0, 0.1) is 0 Å². The van der Waals surface area contributed by atoms with Crippen LogP contribution >= 0.6 is 11.9 Å². The van der Waals surface area contributed by atoms with Crippen LogP contribution in [0.2, 0.25) is 0 Å². The van der Waals surface area contributed by atoms with Gasteiger partial charge in [0.15, 0.2) is 0 Å². The Morgan fingerprint density at radius 2 is 1.92 bits per heavy atom. The van der Waals surface area contributed by atoms with E-state index in [2.05, 4.69) is 47.9 Å². The van der Waals surface area contributed by atoms with Crippen LogP contribution in [-0.2, 0) is 6.42 Å². The maximum atomic E-state index is 2.24. The maximum absolute atomic E-state index is 2.24. The summed E-state index contributed by atoms with van der Waals surface area (Å²) in [5.41, 5.74) is 1.42. The highest BCUT2D eigenvalue weighted by molar-refractivity contribution is 7.96.